The van der Waals surface area contributed by atoms with Gasteiger partial charge in [-0.25, -0.2) is 4.98 Å². The van der Waals surface area contributed by atoms with Crippen molar-refractivity contribution in [2.75, 3.05) is 13.3 Å². The second kappa shape index (κ2) is 5.93. The van der Waals surface area contributed by atoms with Crippen LogP contribution in [0.3, 0.4) is 0 Å². The number of hydrogen-bond donors (Lipinski definition) is 1. The van der Waals surface area contributed by atoms with Crippen LogP contribution in [-0.4, -0.2) is 28.8 Å². The van der Waals surface area contributed by atoms with Crippen molar-refractivity contribution in [3.05, 3.63) is 36.7 Å². The minimum atomic E-state index is -0.275. The van der Waals surface area contributed by atoms with Crippen LogP contribution in [0.1, 0.15) is 13.0 Å². The highest BCUT2D eigenvalue weighted by molar-refractivity contribution is 7.98. The minimum Gasteiger partial charge on any atom is -0.357 e. The number of aromatic nitrogens is 2. The number of imidazole rings is 1. The predicted molar refractivity (Wildman–Crippen MR) is 78.2 cm³/mol. The fourth-order valence-electron chi connectivity index (χ4n) is 1.92. The maximum Gasteiger partial charge on any atom is 0.242 e. The molecule has 0 fully saturated rings. The Morgan fingerprint density at radius 2 is 2.05 bits per heavy atom. The summed E-state index contributed by atoms with van der Waals surface area (Å²) in [6.07, 6.45) is 5.60. The van der Waals surface area contributed by atoms with Crippen LogP contribution in [0, 0.1) is 0 Å². The van der Waals surface area contributed by atoms with Gasteiger partial charge in [-0.2, -0.15) is 0 Å². The summed E-state index contributed by atoms with van der Waals surface area (Å²) in [5, 5.41) is 2.66. The highest BCUT2D eigenvalue weighted by atomic mass is 32.2. The van der Waals surface area contributed by atoms with Gasteiger partial charge in [0.15, 0.2) is 0 Å². The molecule has 2 rings (SSSR count). The van der Waals surface area contributed by atoms with E-state index in [9.17, 15) is 4.79 Å². The largest absolute Gasteiger partial charge is 0.357 e. The average molecular weight is 275 g/mol. The molecular formula is C14H17N3OS. The van der Waals surface area contributed by atoms with E-state index in [1.54, 1.807) is 25.0 Å². The SMILES string of the molecule is CNC(=O)[C@@H](C)n1ccnc1-c1ccc(SC)cc1. The quantitative estimate of drug-likeness (QED) is 0.872. The van der Waals surface area contributed by atoms with Crippen LogP contribution < -0.4 is 5.32 Å². The number of carbonyl (C=O) groups excluding carboxylic acids is 1. The molecule has 1 N–H and O–H groups in total. The van der Waals surface area contributed by atoms with Crippen molar-refractivity contribution in [1.82, 2.24) is 14.9 Å². The van der Waals surface area contributed by atoms with E-state index in [1.165, 1.54) is 4.90 Å². The van der Waals surface area contributed by atoms with Gasteiger partial charge in [-0.05, 0) is 25.3 Å². The van der Waals surface area contributed by atoms with Gasteiger partial charge in [0.05, 0.1) is 0 Å². The molecule has 0 saturated carbocycles. The van der Waals surface area contributed by atoms with Gasteiger partial charge in [0.2, 0.25) is 5.91 Å². The molecule has 0 aliphatic rings. The lowest BCUT2D eigenvalue weighted by Gasteiger charge is -2.15. The number of hydrogen-bond acceptors (Lipinski definition) is 3. The van der Waals surface area contributed by atoms with Gasteiger partial charge in [0, 0.05) is 29.9 Å². The first-order valence-electron chi connectivity index (χ1n) is 6.06. The standard InChI is InChI=1S/C14H17N3OS/c1-10(14(18)15-2)17-9-8-16-13(17)11-4-6-12(19-3)7-5-11/h4-10H,1-3H3,(H,15,18)/t10-/m1/s1. The molecule has 0 spiro atoms. The van der Waals surface area contributed by atoms with E-state index in [0.717, 1.165) is 11.4 Å². The van der Waals surface area contributed by atoms with Gasteiger partial charge in [-0.3, -0.25) is 4.79 Å². The molecule has 1 heterocycles. The third-order valence-electron chi connectivity index (χ3n) is 3.06. The summed E-state index contributed by atoms with van der Waals surface area (Å²) >= 11 is 1.70. The van der Waals surface area contributed by atoms with Crippen molar-refractivity contribution >= 4 is 17.7 Å². The Morgan fingerprint density at radius 3 is 2.63 bits per heavy atom. The van der Waals surface area contributed by atoms with Crippen molar-refractivity contribution in [2.45, 2.75) is 17.9 Å². The van der Waals surface area contributed by atoms with Crippen LogP contribution in [0.5, 0.6) is 0 Å². The zero-order valence-corrected chi connectivity index (χ0v) is 12.1. The molecule has 0 aliphatic heterocycles. The molecule has 2 aromatic rings. The van der Waals surface area contributed by atoms with E-state index >= 15 is 0 Å². The van der Waals surface area contributed by atoms with Crippen molar-refractivity contribution < 1.29 is 4.79 Å². The Bertz CT molecular complexity index is 562. The molecule has 0 unspecified atom stereocenters. The lowest BCUT2D eigenvalue weighted by Crippen LogP contribution is -2.27. The number of amides is 1. The molecule has 1 amide bonds. The number of nitrogens with zero attached hydrogens (tertiary/aromatic N) is 2. The highest BCUT2D eigenvalue weighted by Gasteiger charge is 2.17. The fraction of sp³-hybridized carbons (Fsp3) is 0.286. The van der Waals surface area contributed by atoms with Crippen LogP contribution in [0.25, 0.3) is 11.4 Å². The topological polar surface area (TPSA) is 46.9 Å². The average Bonchev–Trinajstić information content (AvgIpc) is 2.95. The number of thioether (sulfide) groups is 1. The molecule has 0 saturated heterocycles. The third kappa shape index (κ3) is 2.81. The van der Waals surface area contributed by atoms with Crippen LogP contribution in [0.4, 0.5) is 0 Å². The molecule has 0 aliphatic carbocycles. The molecule has 1 atom stereocenters. The molecule has 4 nitrogen and oxygen atoms in total. The van der Waals surface area contributed by atoms with Gasteiger partial charge in [-0.1, -0.05) is 12.1 Å². The maximum absolute atomic E-state index is 11.7. The minimum absolute atomic E-state index is 0.0278. The number of benzene rings is 1. The second-order valence-electron chi connectivity index (χ2n) is 4.18. The first-order valence-corrected chi connectivity index (χ1v) is 7.28. The van der Waals surface area contributed by atoms with Crippen molar-refractivity contribution in [3.8, 4) is 11.4 Å². The van der Waals surface area contributed by atoms with Crippen molar-refractivity contribution in [3.63, 3.8) is 0 Å². The first kappa shape index (κ1) is 13.7. The number of likely N-dealkylation sites (N-methyl/N-ethyl adjacent to an activating group) is 1. The Kier molecular flexibility index (Phi) is 4.27. The summed E-state index contributed by atoms with van der Waals surface area (Å²) in [6, 6.07) is 7.90. The Morgan fingerprint density at radius 1 is 1.37 bits per heavy atom. The maximum atomic E-state index is 11.7. The molecule has 1 aromatic heterocycles. The molecular weight excluding hydrogens is 258 g/mol. The van der Waals surface area contributed by atoms with E-state index in [-0.39, 0.29) is 11.9 Å². The molecule has 19 heavy (non-hydrogen) atoms. The smallest absolute Gasteiger partial charge is 0.242 e. The molecule has 1 aromatic carbocycles. The second-order valence-corrected chi connectivity index (χ2v) is 5.06. The van der Waals surface area contributed by atoms with E-state index in [4.69, 9.17) is 0 Å². The third-order valence-corrected chi connectivity index (χ3v) is 3.80. The highest BCUT2D eigenvalue weighted by Crippen LogP contribution is 2.24. The number of nitrogens with one attached hydrogen (secondary N) is 1. The monoisotopic (exact) mass is 275 g/mol. The summed E-state index contributed by atoms with van der Waals surface area (Å²) in [6.45, 7) is 1.86. The van der Waals surface area contributed by atoms with Crippen LogP contribution in [-0.2, 0) is 4.79 Å². The predicted octanol–water partition coefficient (Wildman–Crippen LogP) is 2.58. The van der Waals surface area contributed by atoms with Gasteiger partial charge in [0.25, 0.3) is 0 Å². The van der Waals surface area contributed by atoms with Crippen molar-refractivity contribution in [2.24, 2.45) is 0 Å². The molecule has 5 heteroatoms. The van der Waals surface area contributed by atoms with Crippen molar-refractivity contribution in [1.29, 1.82) is 0 Å². The summed E-state index contributed by atoms with van der Waals surface area (Å²) in [5.41, 5.74) is 1.01. The summed E-state index contributed by atoms with van der Waals surface area (Å²) < 4.78 is 1.88. The lowest BCUT2D eigenvalue weighted by molar-refractivity contribution is -0.123. The molecule has 100 valence electrons. The Balaban J connectivity index is 2.35. The van der Waals surface area contributed by atoms with Gasteiger partial charge < -0.3 is 9.88 Å². The Labute approximate surface area is 117 Å². The fourth-order valence-corrected chi connectivity index (χ4v) is 2.33. The lowest BCUT2D eigenvalue weighted by atomic mass is 10.2. The zero-order valence-electron chi connectivity index (χ0n) is 11.3. The van der Waals surface area contributed by atoms with E-state index in [0.29, 0.717) is 0 Å². The van der Waals surface area contributed by atoms with Gasteiger partial charge >= 0.3 is 0 Å². The van der Waals surface area contributed by atoms with Crippen LogP contribution >= 0.6 is 11.8 Å². The van der Waals surface area contributed by atoms with Crippen LogP contribution in [0.2, 0.25) is 0 Å². The van der Waals surface area contributed by atoms with E-state index < -0.39 is 0 Å². The summed E-state index contributed by atoms with van der Waals surface area (Å²) in [5.74, 6) is 0.781. The normalized spacial score (nSPS) is 12.2. The number of rotatable bonds is 4. The van der Waals surface area contributed by atoms with Gasteiger partial charge in [-0.15, -0.1) is 11.8 Å². The molecule has 0 radical (unpaired) electrons. The summed E-state index contributed by atoms with van der Waals surface area (Å²) in [7, 11) is 1.64. The first-order chi connectivity index (χ1) is 9.17. The van der Waals surface area contributed by atoms with E-state index in [2.05, 4.69) is 22.4 Å². The zero-order chi connectivity index (χ0) is 13.8. The van der Waals surface area contributed by atoms with Crippen LogP contribution in [0.15, 0.2) is 41.6 Å². The van der Waals surface area contributed by atoms with Gasteiger partial charge in [0.1, 0.15) is 11.9 Å². The summed E-state index contributed by atoms with van der Waals surface area (Å²) in [4.78, 5) is 17.3. The molecule has 0 bridgehead atoms. The van der Waals surface area contributed by atoms with E-state index in [1.807, 2.05) is 36.1 Å². The number of carbonyl (C=O) groups is 1. The Hall–Kier alpha value is -1.75.